The van der Waals surface area contributed by atoms with Crippen molar-refractivity contribution in [2.24, 2.45) is 0 Å². The van der Waals surface area contributed by atoms with Crippen LogP contribution in [0.4, 0.5) is 0 Å². The van der Waals surface area contributed by atoms with Crippen molar-refractivity contribution in [1.82, 2.24) is 24.7 Å². The molecule has 0 aliphatic carbocycles. The monoisotopic (exact) mass is 359 g/mol. The van der Waals surface area contributed by atoms with Gasteiger partial charge in [0.15, 0.2) is 10.3 Å². The number of benzene rings is 1. The minimum Gasteiger partial charge on any atom is -0.494 e. The van der Waals surface area contributed by atoms with E-state index in [2.05, 4.69) is 24.7 Å². The van der Waals surface area contributed by atoms with Crippen molar-refractivity contribution in [2.75, 3.05) is 12.9 Å². The predicted molar refractivity (Wildman–Crippen MR) is 95.9 cm³/mol. The molecule has 8 heteroatoms. The molecule has 0 fully saturated rings. The molecular formula is C16H17N5OS2. The maximum Gasteiger partial charge on any atom is 0.195 e. The Kier molecular flexibility index (Phi) is 5.71. The molecular weight excluding hydrogens is 342 g/mol. The van der Waals surface area contributed by atoms with Gasteiger partial charge >= 0.3 is 0 Å². The molecule has 0 bridgehead atoms. The molecule has 0 unspecified atom stereocenters. The lowest BCUT2D eigenvalue weighted by molar-refractivity contribution is 0.340. The van der Waals surface area contributed by atoms with Crippen LogP contribution in [0.5, 0.6) is 5.75 Å². The molecule has 0 atom stereocenters. The topological polar surface area (TPSA) is 65.7 Å². The summed E-state index contributed by atoms with van der Waals surface area (Å²) in [6.07, 6.45) is 5.46. The second-order valence-electron chi connectivity index (χ2n) is 4.69. The van der Waals surface area contributed by atoms with Crippen LogP contribution in [0.25, 0.3) is 5.69 Å². The predicted octanol–water partition coefficient (Wildman–Crippen LogP) is 3.47. The lowest BCUT2D eigenvalue weighted by Gasteiger charge is -2.10. The van der Waals surface area contributed by atoms with Gasteiger partial charge in [0.2, 0.25) is 0 Å². The zero-order valence-electron chi connectivity index (χ0n) is 13.4. The van der Waals surface area contributed by atoms with Gasteiger partial charge in [0, 0.05) is 18.1 Å². The number of ether oxygens (including phenoxy) is 1. The normalized spacial score (nSPS) is 10.8. The number of hydrogen-bond acceptors (Lipinski definition) is 7. The Balaban J connectivity index is 1.84. The van der Waals surface area contributed by atoms with Gasteiger partial charge in [0.05, 0.1) is 12.4 Å². The Hall–Kier alpha value is -2.06. The van der Waals surface area contributed by atoms with Crippen molar-refractivity contribution in [3.63, 3.8) is 0 Å². The molecule has 0 amide bonds. The summed E-state index contributed by atoms with van der Waals surface area (Å²) >= 11 is 3.10. The summed E-state index contributed by atoms with van der Waals surface area (Å²) in [5.74, 6) is 2.36. The highest BCUT2D eigenvalue weighted by atomic mass is 32.2. The number of thioether (sulfide) groups is 2. The van der Waals surface area contributed by atoms with Crippen molar-refractivity contribution < 1.29 is 4.74 Å². The summed E-state index contributed by atoms with van der Waals surface area (Å²) in [4.78, 5) is 8.46. The third-order valence-corrected chi connectivity index (χ3v) is 4.66. The van der Waals surface area contributed by atoms with Gasteiger partial charge in [-0.05, 0) is 43.5 Å². The van der Waals surface area contributed by atoms with Gasteiger partial charge in [0.25, 0.3) is 0 Å². The Morgan fingerprint density at radius 1 is 1.08 bits per heavy atom. The summed E-state index contributed by atoms with van der Waals surface area (Å²) in [6, 6.07) is 9.75. The van der Waals surface area contributed by atoms with E-state index in [4.69, 9.17) is 4.74 Å². The second-order valence-corrected chi connectivity index (χ2v) is 6.40. The Labute approximate surface area is 149 Å². The van der Waals surface area contributed by atoms with Gasteiger partial charge in [-0.3, -0.25) is 4.57 Å². The van der Waals surface area contributed by atoms with E-state index < -0.39 is 0 Å². The van der Waals surface area contributed by atoms with Crippen LogP contribution in [0, 0.1) is 0 Å². The van der Waals surface area contributed by atoms with Gasteiger partial charge < -0.3 is 4.74 Å². The van der Waals surface area contributed by atoms with Crippen molar-refractivity contribution in [2.45, 2.75) is 23.0 Å². The molecule has 0 saturated heterocycles. The average Bonchev–Trinajstić information content (AvgIpc) is 3.05. The van der Waals surface area contributed by atoms with E-state index in [1.54, 1.807) is 30.2 Å². The first kappa shape index (κ1) is 16.8. The number of aromatic nitrogens is 5. The average molecular weight is 359 g/mol. The van der Waals surface area contributed by atoms with E-state index in [0.717, 1.165) is 27.6 Å². The molecule has 0 spiro atoms. The fraction of sp³-hybridized carbons (Fsp3) is 0.250. The van der Waals surface area contributed by atoms with Crippen molar-refractivity contribution in [1.29, 1.82) is 0 Å². The molecule has 3 rings (SSSR count). The summed E-state index contributed by atoms with van der Waals surface area (Å²) < 4.78 is 7.56. The molecule has 2 aromatic heterocycles. The molecule has 0 aliphatic heterocycles. The molecule has 1 aromatic carbocycles. The molecule has 2 heterocycles. The smallest absolute Gasteiger partial charge is 0.195 e. The van der Waals surface area contributed by atoms with E-state index in [1.165, 1.54) is 11.8 Å². The van der Waals surface area contributed by atoms with Crippen LogP contribution in [0.15, 0.2) is 53.0 Å². The van der Waals surface area contributed by atoms with Crippen LogP contribution in [0.1, 0.15) is 12.7 Å². The van der Waals surface area contributed by atoms with Gasteiger partial charge in [-0.2, -0.15) is 0 Å². The summed E-state index contributed by atoms with van der Waals surface area (Å²) in [5.41, 5.74) is 1.01. The lowest BCUT2D eigenvalue weighted by Crippen LogP contribution is -2.02. The number of hydrogen-bond donors (Lipinski definition) is 0. The Morgan fingerprint density at radius 3 is 2.50 bits per heavy atom. The molecule has 24 heavy (non-hydrogen) atoms. The van der Waals surface area contributed by atoms with Gasteiger partial charge in [-0.25, -0.2) is 9.97 Å². The van der Waals surface area contributed by atoms with Crippen LogP contribution in [0.3, 0.4) is 0 Å². The summed E-state index contributed by atoms with van der Waals surface area (Å²) in [5, 5.41) is 10.2. The van der Waals surface area contributed by atoms with E-state index in [0.29, 0.717) is 12.4 Å². The van der Waals surface area contributed by atoms with Gasteiger partial charge in [-0.15, -0.1) is 10.2 Å². The highest BCUT2D eigenvalue weighted by molar-refractivity contribution is 7.98. The fourth-order valence-corrected chi connectivity index (χ4v) is 3.36. The summed E-state index contributed by atoms with van der Waals surface area (Å²) in [7, 11) is 0. The number of nitrogens with zero attached hydrogens (tertiary/aromatic N) is 5. The number of rotatable bonds is 7. The SMILES string of the molecule is CCOc1ccc(-n2c(CSc3ncccn3)nnc2SC)cc1. The van der Waals surface area contributed by atoms with Gasteiger partial charge in [-0.1, -0.05) is 23.5 Å². The molecule has 0 aliphatic rings. The molecule has 124 valence electrons. The lowest BCUT2D eigenvalue weighted by atomic mass is 10.3. The Bertz CT molecular complexity index is 777. The van der Waals surface area contributed by atoms with Crippen molar-refractivity contribution in [3.05, 3.63) is 48.5 Å². The molecule has 0 saturated carbocycles. The zero-order chi connectivity index (χ0) is 16.8. The van der Waals surface area contributed by atoms with E-state index >= 15 is 0 Å². The highest BCUT2D eigenvalue weighted by Crippen LogP contribution is 2.25. The van der Waals surface area contributed by atoms with E-state index in [-0.39, 0.29) is 0 Å². The Morgan fingerprint density at radius 2 is 1.83 bits per heavy atom. The standard InChI is InChI=1S/C16H17N5OS2/c1-3-22-13-7-5-12(6-8-13)21-14(19-20-16(21)23-2)11-24-15-17-9-4-10-18-15/h4-10H,3,11H2,1-2H3. The zero-order valence-corrected chi connectivity index (χ0v) is 15.0. The van der Waals surface area contributed by atoms with Crippen LogP contribution < -0.4 is 4.74 Å². The third-order valence-electron chi connectivity index (χ3n) is 3.16. The summed E-state index contributed by atoms with van der Waals surface area (Å²) in [6.45, 7) is 2.63. The van der Waals surface area contributed by atoms with Crippen LogP contribution >= 0.6 is 23.5 Å². The van der Waals surface area contributed by atoms with E-state index in [1.807, 2.05) is 37.4 Å². The van der Waals surface area contributed by atoms with Crippen LogP contribution in [-0.4, -0.2) is 37.6 Å². The highest BCUT2D eigenvalue weighted by Gasteiger charge is 2.14. The molecule has 6 nitrogen and oxygen atoms in total. The van der Waals surface area contributed by atoms with Crippen LogP contribution in [0.2, 0.25) is 0 Å². The second kappa shape index (κ2) is 8.16. The van der Waals surface area contributed by atoms with Gasteiger partial charge in [0.1, 0.15) is 11.6 Å². The molecule has 3 aromatic rings. The first-order chi connectivity index (χ1) is 11.8. The largest absolute Gasteiger partial charge is 0.494 e. The minimum absolute atomic E-state index is 0.644. The first-order valence-corrected chi connectivity index (χ1v) is 9.64. The fourth-order valence-electron chi connectivity index (χ4n) is 2.13. The molecule has 0 N–H and O–H groups in total. The quantitative estimate of drug-likeness (QED) is 0.473. The first-order valence-electron chi connectivity index (χ1n) is 7.43. The van der Waals surface area contributed by atoms with Crippen molar-refractivity contribution >= 4 is 23.5 Å². The van der Waals surface area contributed by atoms with E-state index in [9.17, 15) is 0 Å². The maximum atomic E-state index is 5.50. The molecule has 0 radical (unpaired) electrons. The van der Waals surface area contributed by atoms with Crippen molar-refractivity contribution in [3.8, 4) is 11.4 Å². The maximum absolute atomic E-state index is 5.50. The third kappa shape index (κ3) is 3.88. The van der Waals surface area contributed by atoms with Crippen LogP contribution in [-0.2, 0) is 5.75 Å². The minimum atomic E-state index is 0.644.